The molecule has 0 aliphatic rings. The highest BCUT2D eigenvalue weighted by molar-refractivity contribution is 6.60. The second kappa shape index (κ2) is 12.3. The molecule has 5 nitrogen and oxygen atoms in total. The maximum absolute atomic E-state index is 5.79. The molecule has 21 heavy (non-hydrogen) atoms. The lowest BCUT2D eigenvalue weighted by molar-refractivity contribution is -0.124. The van der Waals surface area contributed by atoms with Gasteiger partial charge in [0.1, 0.15) is 0 Å². The molecule has 1 atom stereocenters. The van der Waals surface area contributed by atoms with Crippen LogP contribution in [-0.2, 0) is 22.8 Å². The quantitative estimate of drug-likeness (QED) is 0.212. The van der Waals surface area contributed by atoms with E-state index in [9.17, 15) is 0 Å². The highest BCUT2D eigenvalue weighted by Gasteiger charge is 2.39. The normalized spacial score (nSPS) is 13.4. The van der Waals surface area contributed by atoms with Crippen LogP contribution in [0.1, 0.15) is 41.0 Å². The average molecular weight is 321 g/mol. The first kappa shape index (κ1) is 20.8. The van der Waals surface area contributed by atoms with Crippen molar-refractivity contribution in [1.82, 2.24) is 0 Å². The summed E-state index contributed by atoms with van der Waals surface area (Å²) in [7, 11) is -2.54. The van der Waals surface area contributed by atoms with E-state index < -0.39 is 8.80 Å². The van der Waals surface area contributed by atoms with Gasteiger partial charge in [0, 0.05) is 32.5 Å². The van der Waals surface area contributed by atoms with Crippen LogP contribution in [0.15, 0.2) is 12.2 Å². The van der Waals surface area contributed by atoms with Gasteiger partial charge in [0.25, 0.3) is 0 Å². The molecule has 0 bridgehead atoms. The van der Waals surface area contributed by atoms with Gasteiger partial charge >= 0.3 is 8.80 Å². The zero-order chi connectivity index (χ0) is 16.1. The highest BCUT2D eigenvalue weighted by Crippen LogP contribution is 2.18. The molecule has 0 fully saturated rings. The Morgan fingerprint density at radius 3 is 1.95 bits per heavy atom. The van der Waals surface area contributed by atoms with Crippen molar-refractivity contribution in [1.29, 1.82) is 0 Å². The van der Waals surface area contributed by atoms with Crippen molar-refractivity contribution >= 4 is 8.80 Å². The summed E-state index contributed by atoms with van der Waals surface area (Å²) < 4.78 is 28.5. The van der Waals surface area contributed by atoms with Crippen molar-refractivity contribution in [3.8, 4) is 0 Å². The molecular formula is C15H32O5Si. The van der Waals surface area contributed by atoms with E-state index in [4.69, 9.17) is 22.8 Å². The van der Waals surface area contributed by atoms with Gasteiger partial charge in [0.2, 0.25) is 0 Å². The van der Waals surface area contributed by atoms with E-state index in [1.54, 1.807) is 0 Å². The molecule has 0 heterocycles. The van der Waals surface area contributed by atoms with Gasteiger partial charge < -0.3 is 22.8 Å². The molecule has 0 amide bonds. The fraction of sp³-hybridized carbons (Fsp3) is 0.867. The van der Waals surface area contributed by atoms with Crippen LogP contribution in [0.3, 0.4) is 0 Å². The van der Waals surface area contributed by atoms with Crippen molar-refractivity contribution in [2.75, 3.05) is 33.0 Å². The molecule has 0 aliphatic heterocycles. The Bertz CT molecular complexity index is 256. The molecule has 0 rings (SSSR count). The Balaban J connectivity index is 4.08. The third-order valence-corrected chi connectivity index (χ3v) is 5.79. The molecule has 0 aliphatic carbocycles. The monoisotopic (exact) mass is 320 g/mol. The molecular weight excluding hydrogens is 288 g/mol. The molecule has 0 saturated heterocycles. The SMILES string of the molecule is C=C(C)COC(C)OCCC[Si](OCC)(OCC)OCC. The Morgan fingerprint density at radius 1 is 1.00 bits per heavy atom. The number of hydrogen-bond donors (Lipinski definition) is 0. The molecule has 0 N–H and O–H groups in total. The summed E-state index contributed by atoms with van der Waals surface area (Å²) in [5, 5.41) is 0. The summed E-state index contributed by atoms with van der Waals surface area (Å²) in [6, 6.07) is 0.760. The molecule has 0 aromatic carbocycles. The van der Waals surface area contributed by atoms with Crippen LogP contribution >= 0.6 is 0 Å². The van der Waals surface area contributed by atoms with E-state index >= 15 is 0 Å². The van der Waals surface area contributed by atoms with Gasteiger partial charge in [-0.3, -0.25) is 0 Å². The largest absolute Gasteiger partial charge is 0.501 e. The zero-order valence-corrected chi connectivity index (χ0v) is 15.3. The summed E-state index contributed by atoms with van der Waals surface area (Å²) in [5.41, 5.74) is 0.987. The van der Waals surface area contributed by atoms with Gasteiger partial charge in [0.15, 0.2) is 6.29 Å². The fourth-order valence-electron chi connectivity index (χ4n) is 1.85. The number of rotatable bonds is 14. The minimum atomic E-state index is -2.54. The third-order valence-electron chi connectivity index (χ3n) is 2.64. The second-order valence-corrected chi connectivity index (χ2v) is 7.52. The van der Waals surface area contributed by atoms with Gasteiger partial charge in [-0.15, -0.1) is 0 Å². The Kier molecular flexibility index (Phi) is 12.2. The van der Waals surface area contributed by atoms with Crippen LogP contribution in [0.2, 0.25) is 6.04 Å². The van der Waals surface area contributed by atoms with E-state index in [0.29, 0.717) is 33.0 Å². The predicted octanol–water partition coefficient (Wildman–Crippen LogP) is 3.38. The van der Waals surface area contributed by atoms with Gasteiger partial charge in [-0.1, -0.05) is 12.2 Å². The molecule has 126 valence electrons. The maximum atomic E-state index is 5.79. The molecule has 0 spiro atoms. The lowest BCUT2D eigenvalue weighted by Crippen LogP contribution is -2.46. The van der Waals surface area contributed by atoms with E-state index in [1.807, 2.05) is 34.6 Å². The molecule has 0 saturated carbocycles. The summed E-state index contributed by atoms with van der Waals surface area (Å²) in [4.78, 5) is 0. The number of hydrogen-bond acceptors (Lipinski definition) is 5. The van der Waals surface area contributed by atoms with Gasteiger partial charge in [0.05, 0.1) is 6.61 Å². The topological polar surface area (TPSA) is 46.2 Å². The second-order valence-electron chi connectivity index (χ2n) is 4.79. The van der Waals surface area contributed by atoms with Crippen LogP contribution in [0.25, 0.3) is 0 Å². The predicted molar refractivity (Wildman–Crippen MR) is 86.2 cm³/mol. The fourth-order valence-corrected chi connectivity index (χ4v) is 4.43. The summed E-state index contributed by atoms with van der Waals surface area (Å²) >= 11 is 0. The first-order valence-corrected chi connectivity index (χ1v) is 9.72. The van der Waals surface area contributed by atoms with Gasteiger partial charge in [-0.25, -0.2) is 0 Å². The summed E-state index contributed by atoms with van der Waals surface area (Å²) in [6.45, 7) is 16.4. The van der Waals surface area contributed by atoms with Crippen molar-refractivity contribution in [2.45, 2.75) is 53.4 Å². The lowest BCUT2D eigenvalue weighted by atomic mass is 10.4. The Hall–Kier alpha value is -0.243. The third kappa shape index (κ3) is 10.2. The zero-order valence-electron chi connectivity index (χ0n) is 14.3. The molecule has 1 unspecified atom stereocenters. The Morgan fingerprint density at radius 2 is 1.52 bits per heavy atom. The van der Waals surface area contributed by atoms with Crippen molar-refractivity contribution in [3.63, 3.8) is 0 Å². The molecule has 0 aromatic heterocycles. The van der Waals surface area contributed by atoms with Crippen molar-refractivity contribution < 1.29 is 22.8 Å². The van der Waals surface area contributed by atoms with E-state index in [-0.39, 0.29) is 6.29 Å². The van der Waals surface area contributed by atoms with Crippen molar-refractivity contribution in [3.05, 3.63) is 12.2 Å². The van der Waals surface area contributed by atoms with Crippen LogP contribution in [0.5, 0.6) is 0 Å². The standard InChI is InChI=1S/C15H32O5Si/c1-7-18-21(19-8-2,20-9-3)12-10-11-16-15(6)17-13-14(4)5/h15H,4,7-13H2,1-3,5-6H3. The first-order valence-electron chi connectivity index (χ1n) is 7.79. The molecule has 6 heteroatoms. The van der Waals surface area contributed by atoms with Gasteiger partial charge in [-0.05, 0) is 41.0 Å². The smallest absolute Gasteiger partial charge is 0.374 e. The first-order chi connectivity index (χ1) is 9.99. The maximum Gasteiger partial charge on any atom is 0.501 e. The number of ether oxygens (including phenoxy) is 2. The van der Waals surface area contributed by atoms with E-state index in [0.717, 1.165) is 18.0 Å². The van der Waals surface area contributed by atoms with Crippen molar-refractivity contribution in [2.24, 2.45) is 0 Å². The minimum absolute atomic E-state index is 0.232. The van der Waals surface area contributed by atoms with Crippen LogP contribution < -0.4 is 0 Å². The average Bonchev–Trinajstić information content (AvgIpc) is 2.42. The van der Waals surface area contributed by atoms with Gasteiger partial charge in [-0.2, -0.15) is 0 Å². The van der Waals surface area contributed by atoms with Crippen LogP contribution in [-0.4, -0.2) is 48.1 Å². The lowest BCUT2D eigenvalue weighted by Gasteiger charge is -2.28. The van der Waals surface area contributed by atoms with E-state index in [1.165, 1.54) is 0 Å². The highest BCUT2D eigenvalue weighted by atomic mass is 28.4. The molecule has 0 aromatic rings. The molecule has 0 radical (unpaired) electrons. The van der Waals surface area contributed by atoms with E-state index in [2.05, 4.69) is 6.58 Å². The Labute approximate surface area is 130 Å². The van der Waals surface area contributed by atoms with Crippen LogP contribution in [0.4, 0.5) is 0 Å². The summed E-state index contributed by atoms with van der Waals surface area (Å²) in [6.07, 6.45) is 0.594. The summed E-state index contributed by atoms with van der Waals surface area (Å²) in [5.74, 6) is 0. The minimum Gasteiger partial charge on any atom is -0.374 e. The van der Waals surface area contributed by atoms with Crippen LogP contribution in [0, 0.1) is 0 Å².